The van der Waals surface area contributed by atoms with Gasteiger partial charge in [0.2, 0.25) is 10.0 Å². The highest BCUT2D eigenvalue weighted by molar-refractivity contribution is 8.06. The van der Waals surface area contributed by atoms with Crippen molar-refractivity contribution < 1.29 is 26.7 Å². The Morgan fingerprint density at radius 2 is 1.67 bits per heavy atom. The number of sulfonamides is 1. The second kappa shape index (κ2) is 7.55. The normalized spacial score (nSPS) is 14.9. The van der Waals surface area contributed by atoms with Gasteiger partial charge < -0.3 is 5.11 Å². The molecule has 0 saturated carbocycles. The quantitative estimate of drug-likeness (QED) is 0.640. The molecule has 0 heterocycles. The van der Waals surface area contributed by atoms with Crippen LogP contribution < -0.4 is 4.72 Å². The van der Waals surface area contributed by atoms with E-state index in [1.165, 1.54) is 0 Å². The van der Waals surface area contributed by atoms with E-state index in [-0.39, 0.29) is 24.3 Å². The molecule has 0 bridgehead atoms. The number of carboxylic acids is 1. The van der Waals surface area contributed by atoms with Gasteiger partial charge in [-0.3, -0.25) is 4.79 Å². The Morgan fingerprint density at radius 1 is 1.14 bits per heavy atom. The lowest BCUT2D eigenvalue weighted by atomic mass is 9.76. The molecule has 0 radical (unpaired) electrons. The van der Waals surface area contributed by atoms with E-state index in [2.05, 4.69) is 4.72 Å². The van der Waals surface area contributed by atoms with Crippen LogP contribution in [-0.2, 0) is 24.7 Å². The molecule has 0 amide bonds. The van der Waals surface area contributed by atoms with Crippen molar-refractivity contribution in [3.8, 4) is 0 Å². The first-order valence-electron chi connectivity index (χ1n) is 6.60. The predicted octanol–water partition coefficient (Wildman–Crippen LogP) is 0.825. The average Bonchev–Trinajstić information content (AvgIpc) is 2.16. The first-order valence-corrected chi connectivity index (χ1v) is 10.3. The summed E-state index contributed by atoms with van der Waals surface area (Å²) in [7, 11) is -7.48. The zero-order valence-corrected chi connectivity index (χ0v) is 14.6. The Labute approximate surface area is 127 Å². The van der Waals surface area contributed by atoms with Crippen LogP contribution in [0.5, 0.6) is 0 Å². The summed E-state index contributed by atoms with van der Waals surface area (Å²) < 4.78 is 47.4. The van der Waals surface area contributed by atoms with Crippen molar-refractivity contribution in [2.24, 2.45) is 11.3 Å². The van der Waals surface area contributed by atoms with Gasteiger partial charge in [0.05, 0.1) is 0 Å². The first kappa shape index (κ1) is 20.3. The molecule has 126 valence electrons. The third-order valence-electron chi connectivity index (χ3n) is 3.12. The van der Waals surface area contributed by atoms with Crippen molar-refractivity contribution in [2.75, 3.05) is 17.9 Å². The van der Waals surface area contributed by atoms with Crippen molar-refractivity contribution in [3.05, 3.63) is 0 Å². The maximum atomic E-state index is 11.6. The van der Waals surface area contributed by atoms with Crippen LogP contribution in [0.3, 0.4) is 0 Å². The molecule has 0 aromatic carbocycles. The summed E-state index contributed by atoms with van der Waals surface area (Å²) in [6, 6.07) is 0. The monoisotopic (exact) mass is 343 g/mol. The molecule has 1 unspecified atom stereocenters. The van der Waals surface area contributed by atoms with Crippen LogP contribution in [0.2, 0.25) is 0 Å². The maximum absolute atomic E-state index is 11.6. The van der Waals surface area contributed by atoms with E-state index in [1.807, 2.05) is 20.8 Å². The Bertz CT molecular complexity index is 545. The number of nitrogens with one attached hydrogen (secondary N) is 1. The van der Waals surface area contributed by atoms with Gasteiger partial charge in [-0.05, 0) is 24.2 Å². The molecule has 0 aromatic rings. The molecule has 0 aliphatic rings. The van der Waals surface area contributed by atoms with Crippen molar-refractivity contribution in [2.45, 2.75) is 40.0 Å². The van der Waals surface area contributed by atoms with Crippen LogP contribution in [-0.4, -0.2) is 45.8 Å². The number of hydrogen-bond donors (Lipinski definition) is 2. The van der Waals surface area contributed by atoms with Gasteiger partial charge in [0.15, 0.2) is 14.9 Å². The topological polar surface area (TPSA) is 118 Å². The van der Waals surface area contributed by atoms with Crippen LogP contribution in [0.25, 0.3) is 0 Å². The van der Waals surface area contributed by atoms with E-state index in [0.717, 1.165) is 6.26 Å². The van der Waals surface area contributed by atoms with Crippen LogP contribution in [0.4, 0.5) is 0 Å². The van der Waals surface area contributed by atoms with Gasteiger partial charge in [-0.2, -0.15) is 0 Å². The van der Waals surface area contributed by atoms with Gasteiger partial charge in [0, 0.05) is 19.2 Å². The van der Waals surface area contributed by atoms with E-state index in [1.54, 1.807) is 0 Å². The van der Waals surface area contributed by atoms with Gasteiger partial charge in [-0.25, -0.2) is 21.6 Å². The van der Waals surface area contributed by atoms with E-state index >= 15 is 0 Å². The molecule has 0 aromatic heterocycles. The van der Waals surface area contributed by atoms with Crippen molar-refractivity contribution in [1.82, 2.24) is 4.72 Å². The molecule has 21 heavy (non-hydrogen) atoms. The molecule has 0 fully saturated rings. The molecule has 0 aliphatic carbocycles. The molecule has 2 N–H and O–H groups in total. The molecule has 9 heteroatoms. The fourth-order valence-corrected chi connectivity index (χ4v) is 5.04. The highest BCUT2D eigenvalue weighted by Crippen LogP contribution is 2.32. The third-order valence-corrected chi connectivity index (χ3v) is 6.71. The number of sulfone groups is 1. The van der Waals surface area contributed by atoms with E-state index in [4.69, 9.17) is 5.11 Å². The summed E-state index contributed by atoms with van der Waals surface area (Å²) in [5.74, 6) is -0.864. The maximum Gasteiger partial charge on any atom is 0.303 e. The Hall–Kier alpha value is -0.670. The van der Waals surface area contributed by atoms with Crippen molar-refractivity contribution in [3.63, 3.8) is 0 Å². The van der Waals surface area contributed by atoms with E-state index < -0.39 is 30.9 Å². The summed E-state index contributed by atoms with van der Waals surface area (Å²) in [6.07, 6.45) is 1.79. The standard InChI is InChI=1S/C12H25NO6S2/c1-12(2,3)10(5-6-11(14)15)7-8-13-21(18,19)9-20(4,16)17/h10,13H,5-9H2,1-4H3,(H,14,15). The Morgan fingerprint density at radius 3 is 2.05 bits per heavy atom. The second-order valence-electron chi connectivity index (χ2n) is 6.34. The molecule has 0 saturated heterocycles. The van der Waals surface area contributed by atoms with Gasteiger partial charge >= 0.3 is 5.97 Å². The number of rotatable bonds is 9. The van der Waals surface area contributed by atoms with Gasteiger partial charge in [0.25, 0.3) is 0 Å². The lowest BCUT2D eigenvalue weighted by Gasteiger charge is -2.30. The second-order valence-corrected chi connectivity index (χ2v) is 10.6. The van der Waals surface area contributed by atoms with E-state index in [0.29, 0.717) is 12.8 Å². The highest BCUT2D eigenvalue weighted by atomic mass is 32.3. The highest BCUT2D eigenvalue weighted by Gasteiger charge is 2.26. The number of hydrogen-bond acceptors (Lipinski definition) is 5. The molecule has 0 rings (SSSR count). The summed E-state index contributed by atoms with van der Waals surface area (Å²) in [4.78, 5) is 10.6. The van der Waals surface area contributed by atoms with Crippen LogP contribution in [0, 0.1) is 11.3 Å². The Kier molecular flexibility index (Phi) is 7.31. The van der Waals surface area contributed by atoms with Crippen LogP contribution >= 0.6 is 0 Å². The lowest BCUT2D eigenvalue weighted by molar-refractivity contribution is -0.137. The molecule has 7 nitrogen and oxygen atoms in total. The molecular formula is C12H25NO6S2. The molecule has 0 aliphatic heterocycles. The lowest BCUT2D eigenvalue weighted by Crippen LogP contribution is -2.33. The van der Waals surface area contributed by atoms with Crippen molar-refractivity contribution in [1.29, 1.82) is 0 Å². The number of aliphatic carboxylic acids is 1. The average molecular weight is 343 g/mol. The largest absolute Gasteiger partial charge is 0.481 e. The summed E-state index contributed by atoms with van der Waals surface area (Å²) >= 11 is 0. The third kappa shape index (κ3) is 10.7. The van der Waals surface area contributed by atoms with Gasteiger partial charge in [-0.1, -0.05) is 20.8 Å². The minimum Gasteiger partial charge on any atom is -0.481 e. The fourth-order valence-electron chi connectivity index (χ4n) is 2.02. The number of carboxylic acid groups (broad SMARTS) is 1. The molecule has 0 spiro atoms. The summed E-state index contributed by atoms with van der Waals surface area (Å²) in [5, 5.41) is 7.80. The summed E-state index contributed by atoms with van der Waals surface area (Å²) in [5.41, 5.74) is -0.155. The van der Waals surface area contributed by atoms with Crippen LogP contribution in [0.1, 0.15) is 40.0 Å². The first-order chi connectivity index (χ1) is 9.23. The van der Waals surface area contributed by atoms with Gasteiger partial charge in [-0.15, -0.1) is 0 Å². The SMILES string of the molecule is CC(C)(C)C(CCNS(=O)(=O)CS(C)(=O)=O)CCC(=O)O. The summed E-state index contributed by atoms with van der Waals surface area (Å²) in [6.45, 7) is 5.99. The Balaban J connectivity index is 4.54. The minimum atomic E-state index is -3.87. The minimum absolute atomic E-state index is 0.0227. The van der Waals surface area contributed by atoms with Crippen LogP contribution in [0.15, 0.2) is 0 Å². The van der Waals surface area contributed by atoms with Gasteiger partial charge in [0.1, 0.15) is 0 Å². The smallest absolute Gasteiger partial charge is 0.303 e. The zero-order chi connectivity index (χ0) is 16.9. The zero-order valence-electron chi connectivity index (χ0n) is 12.9. The predicted molar refractivity (Wildman–Crippen MR) is 81.1 cm³/mol. The van der Waals surface area contributed by atoms with E-state index in [9.17, 15) is 21.6 Å². The number of carbonyl (C=O) groups is 1. The molecular weight excluding hydrogens is 318 g/mol. The fraction of sp³-hybridized carbons (Fsp3) is 0.917. The molecule has 1 atom stereocenters. The van der Waals surface area contributed by atoms with Crippen molar-refractivity contribution >= 4 is 25.8 Å².